The third kappa shape index (κ3) is 4.07. The second kappa shape index (κ2) is 7.26. The summed E-state index contributed by atoms with van der Waals surface area (Å²) in [6.45, 7) is 2.57. The number of carbonyl (C=O) groups is 2. The summed E-state index contributed by atoms with van der Waals surface area (Å²) < 4.78 is 5.96. The predicted molar refractivity (Wildman–Crippen MR) is 88.4 cm³/mol. The number of anilines is 1. The van der Waals surface area contributed by atoms with Gasteiger partial charge in [0.05, 0.1) is 17.5 Å². The lowest BCUT2D eigenvalue weighted by Gasteiger charge is -2.11. The highest BCUT2D eigenvalue weighted by Gasteiger charge is 2.15. The van der Waals surface area contributed by atoms with Gasteiger partial charge in [-0.15, -0.1) is 0 Å². The fourth-order valence-electron chi connectivity index (χ4n) is 1.74. The molecule has 1 aromatic carbocycles. The molecule has 2 N–H and O–H groups in total. The molecule has 110 valence electrons. The SMILES string of the molecule is CCCNC(=O)c1cc(I)ccc1NC(=O)c1ccco1. The molecule has 0 radical (unpaired) electrons. The van der Waals surface area contributed by atoms with E-state index in [4.69, 9.17) is 4.42 Å². The standard InChI is InChI=1S/C15H15IN2O3/c1-2-7-17-14(19)11-9-10(16)5-6-12(11)18-15(20)13-4-3-8-21-13/h3-6,8-9H,2,7H2,1H3,(H,17,19)(H,18,20). The van der Waals surface area contributed by atoms with Crippen LogP contribution in [0.15, 0.2) is 41.0 Å². The second-order valence-corrected chi connectivity index (χ2v) is 5.62. The Morgan fingerprint density at radius 3 is 2.71 bits per heavy atom. The number of furan rings is 1. The molecular weight excluding hydrogens is 383 g/mol. The van der Waals surface area contributed by atoms with E-state index < -0.39 is 0 Å². The van der Waals surface area contributed by atoms with Crippen molar-refractivity contribution < 1.29 is 14.0 Å². The molecule has 0 saturated carbocycles. The molecule has 0 spiro atoms. The summed E-state index contributed by atoms with van der Waals surface area (Å²) >= 11 is 2.13. The van der Waals surface area contributed by atoms with Crippen molar-refractivity contribution in [2.75, 3.05) is 11.9 Å². The summed E-state index contributed by atoms with van der Waals surface area (Å²) in [6.07, 6.45) is 2.28. The van der Waals surface area contributed by atoms with Crippen LogP contribution in [0.25, 0.3) is 0 Å². The molecule has 0 aliphatic rings. The molecule has 0 unspecified atom stereocenters. The lowest BCUT2D eigenvalue weighted by molar-refractivity contribution is 0.0954. The Morgan fingerprint density at radius 2 is 2.05 bits per heavy atom. The monoisotopic (exact) mass is 398 g/mol. The van der Waals surface area contributed by atoms with Gasteiger partial charge in [0.1, 0.15) is 0 Å². The lowest BCUT2D eigenvalue weighted by Crippen LogP contribution is -2.26. The van der Waals surface area contributed by atoms with Crippen LogP contribution in [0.1, 0.15) is 34.3 Å². The minimum atomic E-state index is -0.384. The predicted octanol–water partition coefficient (Wildman–Crippen LogP) is 3.28. The number of benzene rings is 1. The Kier molecular flexibility index (Phi) is 5.38. The number of amides is 2. The summed E-state index contributed by atoms with van der Waals surface area (Å²) in [5, 5.41) is 5.51. The van der Waals surface area contributed by atoms with Gasteiger partial charge in [0, 0.05) is 10.1 Å². The van der Waals surface area contributed by atoms with Crippen molar-refractivity contribution in [2.24, 2.45) is 0 Å². The number of halogens is 1. The van der Waals surface area contributed by atoms with Crippen molar-refractivity contribution in [1.29, 1.82) is 0 Å². The maximum Gasteiger partial charge on any atom is 0.291 e. The Bertz CT molecular complexity index is 638. The van der Waals surface area contributed by atoms with Crippen LogP contribution < -0.4 is 10.6 Å². The van der Waals surface area contributed by atoms with Crippen LogP contribution in [0.4, 0.5) is 5.69 Å². The van der Waals surface area contributed by atoms with E-state index in [-0.39, 0.29) is 17.6 Å². The van der Waals surface area contributed by atoms with Gasteiger partial charge in [-0.3, -0.25) is 9.59 Å². The summed E-state index contributed by atoms with van der Waals surface area (Å²) in [4.78, 5) is 24.2. The van der Waals surface area contributed by atoms with Gasteiger partial charge >= 0.3 is 0 Å². The highest BCUT2D eigenvalue weighted by atomic mass is 127. The molecule has 0 fully saturated rings. The molecule has 6 heteroatoms. The summed E-state index contributed by atoms with van der Waals surface area (Å²) in [7, 11) is 0. The molecule has 2 amide bonds. The first-order valence-corrected chi connectivity index (χ1v) is 7.62. The Hall–Kier alpha value is -1.83. The summed E-state index contributed by atoms with van der Waals surface area (Å²) in [5.41, 5.74) is 0.903. The summed E-state index contributed by atoms with van der Waals surface area (Å²) in [6, 6.07) is 8.48. The molecule has 0 saturated heterocycles. The van der Waals surface area contributed by atoms with Gasteiger partial charge in [0.15, 0.2) is 5.76 Å². The molecule has 2 aromatic rings. The topological polar surface area (TPSA) is 71.3 Å². The van der Waals surface area contributed by atoms with E-state index in [1.54, 1.807) is 24.3 Å². The van der Waals surface area contributed by atoms with Gasteiger partial charge in [0.25, 0.3) is 11.8 Å². The van der Waals surface area contributed by atoms with Gasteiger partial charge in [-0.1, -0.05) is 6.92 Å². The third-order valence-electron chi connectivity index (χ3n) is 2.75. The minimum Gasteiger partial charge on any atom is -0.459 e. The van der Waals surface area contributed by atoms with E-state index in [1.165, 1.54) is 6.26 Å². The molecule has 21 heavy (non-hydrogen) atoms. The number of nitrogens with one attached hydrogen (secondary N) is 2. The van der Waals surface area contributed by atoms with Crippen LogP contribution in [0.2, 0.25) is 0 Å². The second-order valence-electron chi connectivity index (χ2n) is 4.38. The maximum absolute atomic E-state index is 12.2. The largest absolute Gasteiger partial charge is 0.459 e. The zero-order valence-corrected chi connectivity index (χ0v) is 13.6. The van der Waals surface area contributed by atoms with Crippen molar-refractivity contribution in [3.05, 3.63) is 51.5 Å². The Labute approximate surface area is 136 Å². The molecule has 5 nitrogen and oxygen atoms in total. The number of rotatable bonds is 5. The van der Waals surface area contributed by atoms with Gasteiger partial charge in [-0.2, -0.15) is 0 Å². The van der Waals surface area contributed by atoms with Crippen molar-refractivity contribution in [1.82, 2.24) is 5.32 Å². The normalized spacial score (nSPS) is 10.2. The Balaban J connectivity index is 2.22. The average Bonchev–Trinajstić information content (AvgIpc) is 3.01. The Morgan fingerprint density at radius 1 is 1.24 bits per heavy atom. The zero-order chi connectivity index (χ0) is 15.2. The molecule has 0 bridgehead atoms. The van der Waals surface area contributed by atoms with Crippen LogP contribution in [-0.2, 0) is 0 Å². The first-order valence-electron chi connectivity index (χ1n) is 6.54. The molecule has 0 aliphatic carbocycles. The average molecular weight is 398 g/mol. The smallest absolute Gasteiger partial charge is 0.291 e. The zero-order valence-electron chi connectivity index (χ0n) is 11.5. The fourth-order valence-corrected chi connectivity index (χ4v) is 2.23. The molecule has 1 aromatic heterocycles. The highest BCUT2D eigenvalue weighted by Crippen LogP contribution is 2.20. The van der Waals surface area contributed by atoms with E-state index in [1.807, 2.05) is 13.0 Å². The van der Waals surface area contributed by atoms with Crippen LogP contribution in [0.5, 0.6) is 0 Å². The third-order valence-corrected chi connectivity index (χ3v) is 3.43. The molecule has 0 atom stereocenters. The summed E-state index contributed by atoms with van der Waals surface area (Å²) in [5.74, 6) is -0.385. The van der Waals surface area contributed by atoms with Crippen LogP contribution >= 0.6 is 22.6 Å². The van der Waals surface area contributed by atoms with Crippen LogP contribution in [0.3, 0.4) is 0 Å². The first kappa shape index (κ1) is 15.6. The number of hydrogen-bond acceptors (Lipinski definition) is 3. The first-order chi connectivity index (χ1) is 10.1. The molecule has 0 aliphatic heterocycles. The van der Waals surface area contributed by atoms with Crippen LogP contribution in [-0.4, -0.2) is 18.4 Å². The van der Waals surface area contributed by atoms with Crippen LogP contribution in [0, 0.1) is 3.57 Å². The van der Waals surface area contributed by atoms with Crippen molar-refractivity contribution in [3.63, 3.8) is 0 Å². The van der Waals surface area contributed by atoms with E-state index in [9.17, 15) is 9.59 Å². The fraction of sp³-hybridized carbons (Fsp3) is 0.200. The minimum absolute atomic E-state index is 0.202. The van der Waals surface area contributed by atoms with Gasteiger partial charge < -0.3 is 15.1 Å². The number of carbonyl (C=O) groups excluding carboxylic acids is 2. The van der Waals surface area contributed by atoms with Crippen molar-refractivity contribution in [3.8, 4) is 0 Å². The molecular formula is C15H15IN2O3. The van der Waals surface area contributed by atoms with Gasteiger partial charge in [-0.05, 0) is 59.3 Å². The van der Waals surface area contributed by atoms with Crippen molar-refractivity contribution in [2.45, 2.75) is 13.3 Å². The van der Waals surface area contributed by atoms with E-state index in [0.29, 0.717) is 17.8 Å². The maximum atomic E-state index is 12.2. The van der Waals surface area contributed by atoms with E-state index >= 15 is 0 Å². The van der Waals surface area contributed by atoms with E-state index in [2.05, 4.69) is 33.2 Å². The van der Waals surface area contributed by atoms with E-state index in [0.717, 1.165) is 9.99 Å². The molecule has 1 heterocycles. The van der Waals surface area contributed by atoms with Crippen molar-refractivity contribution >= 4 is 40.1 Å². The lowest BCUT2D eigenvalue weighted by atomic mass is 10.1. The quantitative estimate of drug-likeness (QED) is 0.760. The van der Waals surface area contributed by atoms with Gasteiger partial charge in [0.2, 0.25) is 0 Å². The number of hydrogen-bond donors (Lipinski definition) is 2. The highest BCUT2D eigenvalue weighted by molar-refractivity contribution is 14.1. The van der Waals surface area contributed by atoms with Gasteiger partial charge in [-0.25, -0.2) is 0 Å². The molecule has 2 rings (SSSR count).